The Labute approximate surface area is 234 Å². The van der Waals surface area contributed by atoms with E-state index in [1.165, 1.54) is 48.0 Å². The summed E-state index contributed by atoms with van der Waals surface area (Å²) in [5, 5.41) is 11.6. The van der Waals surface area contributed by atoms with Crippen LogP contribution in [-0.4, -0.2) is 30.1 Å². The molecule has 0 unspecified atom stereocenters. The Morgan fingerprint density at radius 2 is 1.48 bits per heavy atom. The number of benzene rings is 3. The van der Waals surface area contributed by atoms with Gasteiger partial charge in [0.25, 0.3) is 11.8 Å². The smallest absolute Gasteiger partial charge is 0.343 e. The zero-order valence-corrected chi connectivity index (χ0v) is 23.3. The van der Waals surface area contributed by atoms with Gasteiger partial charge in [0.05, 0.1) is 12.7 Å². The standard InChI is InChI=1S/C32H34N2O6/c1-31(2)16-17-32(3,4)25-19-23(12-13-24(25)31)33-29(36)21-8-10-22(11-9-21)30(37)40-26-14-6-20(18-27(26)39-5)7-15-28(35)34-38/h6-15,18-19,38H,16-17H2,1-5H3,(H,33,36)(H,34,35)/b15-7+. The summed E-state index contributed by atoms with van der Waals surface area (Å²) in [5.41, 5.74) is 6.23. The van der Waals surface area contributed by atoms with Crippen LogP contribution in [0.2, 0.25) is 0 Å². The van der Waals surface area contributed by atoms with Gasteiger partial charge < -0.3 is 14.8 Å². The van der Waals surface area contributed by atoms with Crippen LogP contribution in [0.1, 0.15) is 77.9 Å². The van der Waals surface area contributed by atoms with Crippen molar-refractivity contribution in [3.05, 3.63) is 94.6 Å². The lowest BCUT2D eigenvalue weighted by Crippen LogP contribution is -2.33. The minimum Gasteiger partial charge on any atom is -0.493 e. The second-order valence-corrected chi connectivity index (χ2v) is 11.2. The Morgan fingerprint density at radius 1 is 0.825 bits per heavy atom. The lowest BCUT2D eigenvalue weighted by molar-refractivity contribution is -0.124. The van der Waals surface area contributed by atoms with Crippen LogP contribution in [0.4, 0.5) is 5.69 Å². The quantitative estimate of drug-likeness (QED) is 0.110. The molecule has 2 amide bonds. The summed E-state index contributed by atoms with van der Waals surface area (Å²) in [5.74, 6) is -1.09. The number of rotatable bonds is 7. The van der Waals surface area contributed by atoms with Crippen LogP contribution >= 0.6 is 0 Å². The van der Waals surface area contributed by atoms with Crippen LogP contribution in [0.5, 0.6) is 11.5 Å². The lowest BCUT2D eigenvalue weighted by atomic mass is 9.63. The number of anilines is 1. The van der Waals surface area contributed by atoms with Crippen LogP contribution < -0.4 is 20.3 Å². The van der Waals surface area contributed by atoms with Crippen LogP contribution in [0.3, 0.4) is 0 Å². The highest BCUT2D eigenvalue weighted by molar-refractivity contribution is 6.05. The summed E-state index contributed by atoms with van der Waals surface area (Å²) in [6.45, 7) is 9.00. The molecule has 40 heavy (non-hydrogen) atoms. The van der Waals surface area contributed by atoms with Gasteiger partial charge in [-0.3, -0.25) is 14.8 Å². The Kier molecular flexibility index (Phi) is 8.11. The zero-order valence-electron chi connectivity index (χ0n) is 23.3. The van der Waals surface area contributed by atoms with Gasteiger partial charge in [-0.25, -0.2) is 10.3 Å². The van der Waals surface area contributed by atoms with Crippen molar-refractivity contribution >= 4 is 29.5 Å². The molecule has 0 aromatic heterocycles. The Morgan fingerprint density at radius 3 is 2.12 bits per heavy atom. The van der Waals surface area contributed by atoms with Gasteiger partial charge in [0.15, 0.2) is 11.5 Å². The first-order valence-corrected chi connectivity index (χ1v) is 13.0. The molecule has 1 aliphatic rings. The first-order chi connectivity index (χ1) is 18.9. The van der Waals surface area contributed by atoms with E-state index in [-0.39, 0.29) is 33.8 Å². The van der Waals surface area contributed by atoms with E-state index in [2.05, 4.69) is 45.1 Å². The van der Waals surface area contributed by atoms with E-state index in [9.17, 15) is 14.4 Å². The monoisotopic (exact) mass is 542 g/mol. The summed E-state index contributed by atoms with van der Waals surface area (Å²) in [6, 6.07) is 17.1. The molecule has 3 aromatic rings. The van der Waals surface area contributed by atoms with Gasteiger partial charge in [0.1, 0.15) is 0 Å². The normalized spacial score (nSPS) is 15.2. The third-order valence-electron chi connectivity index (χ3n) is 7.42. The predicted octanol–water partition coefficient (Wildman–Crippen LogP) is 6.03. The molecule has 0 bridgehead atoms. The van der Waals surface area contributed by atoms with Crippen LogP contribution in [0, 0.1) is 0 Å². The van der Waals surface area contributed by atoms with Gasteiger partial charge in [-0.05, 0) is 95.0 Å². The number of esters is 1. The number of fused-ring (bicyclic) bond motifs is 1. The number of carbonyl (C=O) groups is 3. The number of hydroxylamine groups is 1. The molecule has 8 heteroatoms. The Bertz CT molecular complexity index is 1470. The molecule has 3 aromatic carbocycles. The number of carbonyl (C=O) groups excluding carboxylic acids is 3. The minimum absolute atomic E-state index is 0.0315. The van der Waals surface area contributed by atoms with Crippen molar-refractivity contribution in [3.8, 4) is 11.5 Å². The van der Waals surface area contributed by atoms with E-state index < -0.39 is 11.9 Å². The summed E-state index contributed by atoms with van der Waals surface area (Å²) >= 11 is 0. The topological polar surface area (TPSA) is 114 Å². The number of amides is 2. The van der Waals surface area contributed by atoms with Gasteiger partial charge in [0.2, 0.25) is 0 Å². The number of hydrogen-bond donors (Lipinski definition) is 3. The van der Waals surface area contributed by atoms with Crippen LogP contribution in [0.25, 0.3) is 6.08 Å². The highest BCUT2D eigenvalue weighted by atomic mass is 16.6. The van der Waals surface area contributed by atoms with Crippen LogP contribution in [-0.2, 0) is 15.6 Å². The van der Waals surface area contributed by atoms with E-state index in [1.54, 1.807) is 24.3 Å². The molecule has 3 N–H and O–H groups in total. The molecule has 1 aliphatic carbocycles. The van der Waals surface area contributed by atoms with Crippen molar-refractivity contribution < 1.29 is 29.1 Å². The largest absolute Gasteiger partial charge is 0.493 e. The molecular weight excluding hydrogens is 508 g/mol. The average molecular weight is 543 g/mol. The molecule has 0 fully saturated rings. The molecule has 0 saturated heterocycles. The highest BCUT2D eigenvalue weighted by Crippen LogP contribution is 2.46. The van der Waals surface area contributed by atoms with Crippen molar-refractivity contribution in [3.63, 3.8) is 0 Å². The molecule has 0 atom stereocenters. The number of methoxy groups -OCH3 is 1. The summed E-state index contributed by atoms with van der Waals surface area (Å²) in [7, 11) is 1.43. The summed E-state index contributed by atoms with van der Waals surface area (Å²) < 4.78 is 10.8. The van der Waals surface area contributed by atoms with E-state index >= 15 is 0 Å². The first-order valence-electron chi connectivity index (χ1n) is 13.0. The van der Waals surface area contributed by atoms with Crippen molar-refractivity contribution in [2.24, 2.45) is 0 Å². The molecule has 0 aliphatic heterocycles. The molecule has 0 radical (unpaired) electrons. The second-order valence-electron chi connectivity index (χ2n) is 11.2. The maximum Gasteiger partial charge on any atom is 0.343 e. The molecule has 0 saturated carbocycles. The lowest BCUT2D eigenvalue weighted by Gasteiger charge is -2.42. The fourth-order valence-electron chi connectivity index (χ4n) is 4.87. The predicted molar refractivity (Wildman–Crippen MR) is 153 cm³/mol. The van der Waals surface area contributed by atoms with E-state index in [4.69, 9.17) is 14.7 Å². The zero-order chi connectivity index (χ0) is 29.1. The number of hydrogen-bond acceptors (Lipinski definition) is 6. The van der Waals surface area contributed by atoms with Crippen molar-refractivity contribution in [2.45, 2.75) is 51.4 Å². The summed E-state index contributed by atoms with van der Waals surface area (Å²) in [6.07, 6.45) is 4.81. The van der Waals surface area contributed by atoms with Crippen LogP contribution in [0.15, 0.2) is 66.7 Å². The van der Waals surface area contributed by atoms with E-state index in [0.717, 1.165) is 24.6 Å². The second kappa shape index (κ2) is 11.4. The fourth-order valence-corrected chi connectivity index (χ4v) is 4.87. The van der Waals surface area contributed by atoms with Gasteiger partial charge in [-0.15, -0.1) is 0 Å². The molecule has 208 valence electrons. The Balaban J connectivity index is 1.44. The Hall–Kier alpha value is -4.43. The van der Waals surface area contributed by atoms with Gasteiger partial charge in [-0.1, -0.05) is 39.8 Å². The third kappa shape index (κ3) is 6.24. The number of ether oxygens (including phenoxy) is 2. The van der Waals surface area contributed by atoms with Crippen molar-refractivity contribution in [1.82, 2.24) is 5.48 Å². The van der Waals surface area contributed by atoms with Crippen molar-refractivity contribution in [1.29, 1.82) is 0 Å². The molecule has 4 rings (SSSR count). The average Bonchev–Trinajstić information content (AvgIpc) is 2.94. The maximum atomic E-state index is 13.0. The fraction of sp³-hybridized carbons (Fsp3) is 0.281. The van der Waals surface area contributed by atoms with E-state index in [0.29, 0.717) is 11.1 Å². The van der Waals surface area contributed by atoms with Gasteiger partial charge in [-0.2, -0.15) is 0 Å². The summed E-state index contributed by atoms with van der Waals surface area (Å²) in [4.78, 5) is 36.9. The molecule has 8 nitrogen and oxygen atoms in total. The SMILES string of the molecule is COc1cc(/C=C/C(=O)NO)ccc1OC(=O)c1ccc(C(=O)Nc2ccc3c(c2)C(C)(C)CCC3(C)C)cc1. The number of nitrogens with one attached hydrogen (secondary N) is 2. The van der Waals surface area contributed by atoms with Gasteiger partial charge >= 0.3 is 5.97 Å². The third-order valence-corrected chi connectivity index (χ3v) is 7.42. The minimum atomic E-state index is -0.678. The maximum absolute atomic E-state index is 13.0. The molecular formula is C32H34N2O6. The molecule has 0 spiro atoms. The van der Waals surface area contributed by atoms with E-state index in [1.807, 2.05) is 6.07 Å². The van der Waals surface area contributed by atoms with Gasteiger partial charge in [0, 0.05) is 17.3 Å². The first kappa shape index (κ1) is 28.6. The highest BCUT2D eigenvalue weighted by Gasteiger charge is 2.37. The molecule has 0 heterocycles. The van der Waals surface area contributed by atoms with Crippen molar-refractivity contribution in [2.75, 3.05) is 12.4 Å².